The first-order valence-corrected chi connectivity index (χ1v) is 8.14. The van der Waals surface area contributed by atoms with E-state index < -0.39 is 0 Å². The first-order valence-electron chi connectivity index (χ1n) is 6.85. The Hall–Kier alpha value is -0.870. The monoisotopic (exact) mass is 281 g/mol. The Labute approximate surface area is 119 Å². The van der Waals surface area contributed by atoms with Crippen molar-refractivity contribution in [2.24, 2.45) is 0 Å². The van der Waals surface area contributed by atoms with Gasteiger partial charge in [0.2, 0.25) is 0 Å². The first-order chi connectivity index (χ1) is 9.24. The van der Waals surface area contributed by atoms with E-state index in [2.05, 4.69) is 11.6 Å². The molecule has 0 atom stereocenters. The zero-order valence-electron chi connectivity index (χ0n) is 11.7. The van der Waals surface area contributed by atoms with Gasteiger partial charge in [-0.3, -0.25) is 0 Å². The van der Waals surface area contributed by atoms with Crippen LogP contribution in [0.5, 0.6) is 11.5 Å². The van der Waals surface area contributed by atoms with Crippen molar-refractivity contribution in [1.82, 2.24) is 5.32 Å². The second-order valence-electron chi connectivity index (χ2n) is 5.06. The highest BCUT2D eigenvalue weighted by Crippen LogP contribution is 2.30. The maximum Gasteiger partial charge on any atom is 0.162 e. The first kappa shape index (κ1) is 14.5. The van der Waals surface area contributed by atoms with Gasteiger partial charge in [0, 0.05) is 23.4 Å². The van der Waals surface area contributed by atoms with E-state index >= 15 is 0 Å². The predicted octanol–water partition coefficient (Wildman–Crippen LogP) is 3.16. The molecule has 0 unspecified atom stereocenters. The van der Waals surface area contributed by atoms with Gasteiger partial charge in [0.25, 0.3) is 0 Å². The molecule has 0 saturated heterocycles. The average molecular weight is 281 g/mol. The molecular formula is C15H23NO2S. The van der Waals surface area contributed by atoms with Crippen molar-refractivity contribution in [3.8, 4) is 11.5 Å². The number of nitrogens with one attached hydrogen (secondary N) is 1. The van der Waals surface area contributed by atoms with Crippen LogP contribution >= 0.6 is 11.8 Å². The van der Waals surface area contributed by atoms with Crippen LogP contribution < -0.4 is 10.1 Å². The SMILES string of the molecule is COc1cccc(CNC2CCC(SC)CC2)c1O. The van der Waals surface area contributed by atoms with Crippen LogP contribution in [0.25, 0.3) is 0 Å². The zero-order chi connectivity index (χ0) is 13.7. The number of aromatic hydroxyl groups is 1. The van der Waals surface area contributed by atoms with Gasteiger partial charge in [-0.25, -0.2) is 0 Å². The summed E-state index contributed by atoms with van der Waals surface area (Å²) < 4.78 is 5.13. The number of rotatable bonds is 5. The van der Waals surface area contributed by atoms with Crippen LogP contribution in [0.3, 0.4) is 0 Å². The molecular weight excluding hydrogens is 258 g/mol. The topological polar surface area (TPSA) is 41.5 Å². The molecule has 106 valence electrons. The Kier molecular flexibility index (Phi) is 5.40. The van der Waals surface area contributed by atoms with Crippen LogP contribution in [0.1, 0.15) is 31.2 Å². The molecule has 0 aromatic heterocycles. The van der Waals surface area contributed by atoms with Gasteiger partial charge >= 0.3 is 0 Å². The molecule has 19 heavy (non-hydrogen) atoms. The highest BCUT2D eigenvalue weighted by Gasteiger charge is 2.20. The lowest BCUT2D eigenvalue weighted by Gasteiger charge is -2.28. The van der Waals surface area contributed by atoms with Crippen molar-refractivity contribution in [3.63, 3.8) is 0 Å². The maximum absolute atomic E-state index is 10.0. The molecule has 1 aromatic carbocycles. The molecule has 0 aliphatic heterocycles. The van der Waals surface area contributed by atoms with E-state index in [1.54, 1.807) is 13.2 Å². The van der Waals surface area contributed by atoms with Crippen LogP contribution in [0.15, 0.2) is 18.2 Å². The quantitative estimate of drug-likeness (QED) is 0.870. The molecule has 0 spiro atoms. The molecule has 0 heterocycles. The number of thioether (sulfide) groups is 1. The second-order valence-corrected chi connectivity index (χ2v) is 6.20. The Balaban J connectivity index is 1.86. The third kappa shape index (κ3) is 3.80. The lowest BCUT2D eigenvalue weighted by atomic mass is 9.95. The van der Waals surface area contributed by atoms with Gasteiger partial charge in [-0.15, -0.1) is 0 Å². The van der Waals surface area contributed by atoms with Crippen molar-refractivity contribution in [2.75, 3.05) is 13.4 Å². The van der Waals surface area contributed by atoms with Crippen LogP contribution in [0.4, 0.5) is 0 Å². The number of hydrogen-bond donors (Lipinski definition) is 2. The Morgan fingerprint density at radius 2 is 2.05 bits per heavy atom. The number of phenolic OH excluding ortho intramolecular Hbond substituents is 1. The molecule has 0 radical (unpaired) electrons. The van der Waals surface area contributed by atoms with Crippen molar-refractivity contribution in [3.05, 3.63) is 23.8 Å². The van der Waals surface area contributed by atoms with E-state index in [0.29, 0.717) is 18.3 Å². The maximum atomic E-state index is 10.0. The number of hydrogen-bond acceptors (Lipinski definition) is 4. The molecule has 0 amide bonds. The van der Waals surface area contributed by atoms with Crippen molar-refractivity contribution in [2.45, 2.75) is 43.5 Å². The zero-order valence-corrected chi connectivity index (χ0v) is 12.5. The molecule has 1 fully saturated rings. The number of para-hydroxylation sites is 1. The van der Waals surface area contributed by atoms with Gasteiger partial charge in [0.15, 0.2) is 11.5 Å². The minimum Gasteiger partial charge on any atom is -0.504 e. The smallest absolute Gasteiger partial charge is 0.162 e. The summed E-state index contributed by atoms with van der Waals surface area (Å²) in [6.45, 7) is 0.706. The van der Waals surface area contributed by atoms with E-state index in [-0.39, 0.29) is 5.75 Å². The van der Waals surface area contributed by atoms with Crippen molar-refractivity contribution in [1.29, 1.82) is 0 Å². The lowest BCUT2D eigenvalue weighted by Crippen LogP contribution is -2.33. The summed E-state index contributed by atoms with van der Waals surface area (Å²) in [7, 11) is 1.58. The van der Waals surface area contributed by atoms with E-state index in [9.17, 15) is 5.11 Å². The van der Waals surface area contributed by atoms with Gasteiger partial charge in [0.05, 0.1) is 7.11 Å². The summed E-state index contributed by atoms with van der Waals surface area (Å²) in [5.74, 6) is 0.806. The molecule has 2 rings (SSSR count). The number of phenols is 1. The molecule has 1 aliphatic rings. The second kappa shape index (κ2) is 7.06. The summed E-state index contributed by atoms with van der Waals surface area (Å²) in [6.07, 6.45) is 7.25. The van der Waals surface area contributed by atoms with Crippen molar-refractivity contribution < 1.29 is 9.84 Å². The predicted molar refractivity (Wildman–Crippen MR) is 81.1 cm³/mol. The van der Waals surface area contributed by atoms with E-state index in [0.717, 1.165) is 10.8 Å². The number of ether oxygens (including phenoxy) is 1. The third-order valence-electron chi connectivity index (χ3n) is 3.89. The summed E-state index contributed by atoms with van der Waals surface area (Å²) in [4.78, 5) is 0. The molecule has 3 nitrogen and oxygen atoms in total. The Morgan fingerprint density at radius 1 is 1.32 bits per heavy atom. The van der Waals surface area contributed by atoms with E-state index in [1.807, 2.05) is 23.9 Å². The van der Waals surface area contributed by atoms with Crippen molar-refractivity contribution >= 4 is 11.8 Å². The van der Waals surface area contributed by atoms with Crippen LogP contribution in [-0.4, -0.2) is 29.8 Å². The average Bonchev–Trinajstić information content (AvgIpc) is 2.47. The number of benzene rings is 1. The van der Waals surface area contributed by atoms with Gasteiger partial charge in [-0.1, -0.05) is 12.1 Å². The Bertz CT molecular complexity index is 403. The highest BCUT2D eigenvalue weighted by atomic mass is 32.2. The fourth-order valence-electron chi connectivity index (χ4n) is 2.63. The molecule has 2 N–H and O–H groups in total. The summed E-state index contributed by atoms with van der Waals surface area (Å²) >= 11 is 1.99. The standard InChI is InChI=1S/C15H23NO2S/c1-18-14-5-3-4-11(15(14)17)10-16-12-6-8-13(19-2)9-7-12/h3-5,12-13,16-17H,6-10H2,1-2H3. The minimum atomic E-state index is 0.260. The number of methoxy groups -OCH3 is 1. The summed E-state index contributed by atoms with van der Waals surface area (Å²) in [5, 5.41) is 14.4. The van der Waals surface area contributed by atoms with Gasteiger partial charge < -0.3 is 15.2 Å². The van der Waals surface area contributed by atoms with Gasteiger partial charge in [0.1, 0.15) is 0 Å². The molecule has 0 bridgehead atoms. The molecule has 4 heteroatoms. The molecule has 1 aromatic rings. The normalized spacial score (nSPS) is 23.3. The fourth-order valence-corrected chi connectivity index (χ4v) is 3.38. The van der Waals surface area contributed by atoms with Crippen LogP contribution in [-0.2, 0) is 6.54 Å². The van der Waals surface area contributed by atoms with Gasteiger partial charge in [-0.2, -0.15) is 11.8 Å². The minimum absolute atomic E-state index is 0.260. The van der Waals surface area contributed by atoms with E-state index in [1.165, 1.54) is 25.7 Å². The summed E-state index contributed by atoms with van der Waals surface area (Å²) in [6, 6.07) is 6.22. The van der Waals surface area contributed by atoms with Crippen LogP contribution in [0, 0.1) is 0 Å². The lowest BCUT2D eigenvalue weighted by molar-refractivity contribution is 0.359. The Morgan fingerprint density at radius 3 is 2.68 bits per heavy atom. The van der Waals surface area contributed by atoms with Crippen LogP contribution in [0.2, 0.25) is 0 Å². The summed E-state index contributed by atoms with van der Waals surface area (Å²) in [5.41, 5.74) is 0.909. The molecule has 1 aliphatic carbocycles. The molecule has 1 saturated carbocycles. The van der Waals surface area contributed by atoms with Gasteiger partial charge in [-0.05, 0) is 38.0 Å². The largest absolute Gasteiger partial charge is 0.504 e. The van der Waals surface area contributed by atoms with E-state index in [4.69, 9.17) is 4.74 Å². The fraction of sp³-hybridized carbons (Fsp3) is 0.600. The third-order valence-corrected chi connectivity index (χ3v) is 5.03. The highest BCUT2D eigenvalue weighted by molar-refractivity contribution is 7.99.